The lowest BCUT2D eigenvalue weighted by atomic mass is 9.86. The van der Waals surface area contributed by atoms with E-state index in [0.717, 1.165) is 26.1 Å². The van der Waals surface area contributed by atoms with Crippen LogP contribution < -0.4 is 5.32 Å². The minimum Gasteiger partial charge on any atom is -0.312 e. The molecule has 1 aliphatic rings. The van der Waals surface area contributed by atoms with Crippen molar-refractivity contribution < 1.29 is 0 Å². The molecule has 0 bridgehead atoms. The van der Waals surface area contributed by atoms with Gasteiger partial charge in [0.15, 0.2) is 0 Å². The van der Waals surface area contributed by atoms with E-state index in [4.69, 9.17) is 6.42 Å². The average molecular weight is 208 g/mol. The number of nitrogens with one attached hydrogen (secondary N) is 1. The fourth-order valence-corrected chi connectivity index (χ4v) is 2.00. The van der Waals surface area contributed by atoms with Crippen LogP contribution in [-0.2, 0) is 0 Å². The molecule has 1 fully saturated rings. The molecule has 86 valence electrons. The van der Waals surface area contributed by atoms with Crippen LogP contribution in [0.5, 0.6) is 0 Å². The predicted molar refractivity (Wildman–Crippen MR) is 65.8 cm³/mol. The number of hydrogen-bond acceptors (Lipinski definition) is 2. The summed E-state index contributed by atoms with van der Waals surface area (Å²) >= 11 is 0. The SMILES string of the molecule is C#CCCN1CCCNC(C(C)(C)C)C1. The molecule has 2 nitrogen and oxygen atoms in total. The Hall–Kier alpha value is -0.520. The maximum absolute atomic E-state index is 5.31. The maximum atomic E-state index is 5.31. The van der Waals surface area contributed by atoms with Gasteiger partial charge in [-0.05, 0) is 24.9 Å². The summed E-state index contributed by atoms with van der Waals surface area (Å²) in [4.78, 5) is 2.50. The summed E-state index contributed by atoms with van der Waals surface area (Å²) in [5.41, 5.74) is 0.332. The van der Waals surface area contributed by atoms with E-state index in [2.05, 4.69) is 36.9 Å². The highest BCUT2D eigenvalue weighted by molar-refractivity contribution is 4.89. The second-order valence-corrected chi connectivity index (χ2v) is 5.48. The molecule has 1 atom stereocenters. The van der Waals surface area contributed by atoms with Crippen LogP contribution in [0.1, 0.15) is 33.6 Å². The van der Waals surface area contributed by atoms with Gasteiger partial charge in [0.2, 0.25) is 0 Å². The lowest BCUT2D eigenvalue weighted by Crippen LogP contribution is -2.46. The van der Waals surface area contributed by atoms with E-state index in [-0.39, 0.29) is 0 Å². The molecule has 1 unspecified atom stereocenters. The summed E-state index contributed by atoms with van der Waals surface area (Å²) in [6, 6.07) is 0.581. The molecule has 0 aliphatic carbocycles. The maximum Gasteiger partial charge on any atom is 0.0243 e. The molecule has 0 spiro atoms. The van der Waals surface area contributed by atoms with Crippen molar-refractivity contribution in [2.75, 3.05) is 26.2 Å². The highest BCUT2D eigenvalue weighted by Crippen LogP contribution is 2.21. The van der Waals surface area contributed by atoms with Gasteiger partial charge in [0.05, 0.1) is 0 Å². The molecule has 15 heavy (non-hydrogen) atoms. The molecule has 0 amide bonds. The lowest BCUT2D eigenvalue weighted by molar-refractivity contribution is 0.200. The smallest absolute Gasteiger partial charge is 0.0243 e. The van der Waals surface area contributed by atoms with Crippen LogP contribution in [0, 0.1) is 17.8 Å². The van der Waals surface area contributed by atoms with Gasteiger partial charge in [-0.25, -0.2) is 0 Å². The third-order valence-electron chi connectivity index (χ3n) is 3.10. The molecule has 0 aromatic rings. The minimum atomic E-state index is 0.332. The van der Waals surface area contributed by atoms with Crippen LogP contribution in [0.15, 0.2) is 0 Å². The first-order valence-corrected chi connectivity index (χ1v) is 5.93. The Morgan fingerprint density at radius 1 is 1.47 bits per heavy atom. The molecule has 1 saturated heterocycles. The Balaban J connectivity index is 2.50. The number of rotatable bonds is 2. The molecule has 1 rings (SSSR count). The van der Waals surface area contributed by atoms with Gasteiger partial charge in [-0.15, -0.1) is 12.3 Å². The van der Waals surface area contributed by atoms with Gasteiger partial charge in [0.1, 0.15) is 0 Å². The van der Waals surface area contributed by atoms with Gasteiger partial charge >= 0.3 is 0 Å². The Morgan fingerprint density at radius 2 is 2.20 bits per heavy atom. The fraction of sp³-hybridized carbons (Fsp3) is 0.846. The van der Waals surface area contributed by atoms with Crippen molar-refractivity contribution in [3.63, 3.8) is 0 Å². The van der Waals surface area contributed by atoms with Crippen molar-refractivity contribution >= 4 is 0 Å². The van der Waals surface area contributed by atoms with Crippen LogP contribution in [0.3, 0.4) is 0 Å². The topological polar surface area (TPSA) is 15.3 Å². The van der Waals surface area contributed by atoms with E-state index in [1.165, 1.54) is 13.0 Å². The predicted octanol–water partition coefficient (Wildman–Crippen LogP) is 1.72. The van der Waals surface area contributed by atoms with Crippen molar-refractivity contribution in [3.05, 3.63) is 0 Å². The zero-order valence-electron chi connectivity index (χ0n) is 10.3. The van der Waals surface area contributed by atoms with E-state index in [9.17, 15) is 0 Å². The summed E-state index contributed by atoms with van der Waals surface area (Å²) in [5.74, 6) is 2.73. The second kappa shape index (κ2) is 5.53. The molecule has 0 radical (unpaired) electrons. The van der Waals surface area contributed by atoms with Crippen molar-refractivity contribution in [1.29, 1.82) is 0 Å². The Labute approximate surface area is 94.4 Å². The quantitative estimate of drug-likeness (QED) is 0.695. The largest absolute Gasteiger partial charge is 0.312 e. The molecular formula is C13H24N2. The molecule has 1 N–H and O–H groups in total. The van der Waals surface area contributed by atoms with Crippen molar-refractivity contribution in [1.82, 2.24) is 10.2 Å². The number of terminal acetylenes is 1. The molecule has 2 heteroatoms. The van der Waals surface area contributed by atoms with Gasteiger partial charge in [-0.3, -0.25) is 0 Å². The molecule has 1 aliphatic heterocycles. The van der Waals surface area contributed by atoms with Gasteiger partial charge in [-0.2, -0.15) is 0 Å². The van der Waals surface area contributed by atoms with Gasteiger partial charge < -0.3 is 10.2 Å². The Bertz CT molecular complexity index is 222. The Kier molecular flexibility index (Phi) is 4.63. The summed E-state index contributed by atoms with van der Waals surface area (Å²) in [6.07, 6.45) is 7.42. The van der Waals surface area contributed by atoms with Crippen LogP contribution in [0.2, 0.25) is 0 Å². The standard InChI is InChI=1S/C13H24N2/c1-5-6-9-15-10-7-8-14-12(11-15)13(2,3)4/h1,12,14H,6-11H2,2-4H3. The van der Waals surface area contributed by atoms with Gasteiger partial charge in [-0.1, -0.05) is 20.8 Å². The first kappa shape index (κ1) is 12.5. The van der Waals surface area contributed by atoms with E-state index in [0.29, 0.717) is 11.5 Å². The first-order valence-electron chi connectivity index (χ1n) is 5.93. The summed E-state index contributed by atoms with van der Waals surface area (Å²) < 4.78 is 0. The van der Waals surface area contributed by atoms with Crippen LogP contribution in [0.4, 0.5) is 0 Å². The third kappa shape index (κ3) is 4.24. The highest BCUT2D eigenvalue weighted by Gasteiger charge is 2.27. The zero-order chi connectivity index (χ0) is 11.3. The third-order valence-corrected chi connectivity index (χ3v) is 3.10. The summed E-state index contributed by atoms with van der Waals surface area (Å²) in [6.45, 7) is 11.4. The van der Waals surface area contributed by atoms with Crippen LogP contribution in [-0.4, -0.2) is 37.1 Å². The fourth-order valence-electron chi connectivity index (χ4n) is 2.00. The first-order chi connectivity index (χ1) is 7.04. The highest BCUT2D eigenvalue weighted by atomic mass is 15.2. The van der Waals surface area contributed by atoms with Crippen LogP contribution >= 0.6 is 0 Å². The normalized spacial score (nSPS) is 24.5. The lowest BCUT2D eigenvalue weighted by Gasteiger charge is -2.33. The van der Waals surface area contributed by atoms with E-state index in [1.807, 2.05) is 0 Å². The van der Waals surface area contributed by atoms with Gasteiger partial charge in [0, 0.05) is 25.6 Å². The number of nitrogens with zero attached hydrogens (tertiary/aromatic N) is 1. The van der Waals surface area contributed by atoms with E-state index < -0.39 is 0 Å². The summed E-state index contributed by atoms with van der Waals surface area (Å²) in [7, 11) is 0. The zero-order valence-corrected chi connectivity index (χ0v) is 10.3. The van der Waals surface area contributed by atoms with Gasteiger partial charge in [0.25, 0.3) is 0 Å². The summed E-state index contributed by atoms with van der Waals surface area (Å²) in [5, 5.41) is 3.63. The average Bonchev–Trinajstić information content (AvgIpc) is 2.38. The molecule has 0 saturated carbocycles. The van der Waals surface area contributed by atoms with E-state index in [1.54, 1.807) is 0 Å². The second-order valence-electron chi connectivity index (χ2n) is 5.48. The number of hydrogen-bond donors (Lipinski definition) is 1. The van der Waals surface area contributed by atoms with E-state index >= 15 is 0 Å². The molecule has 0 aromatic heterocycles. The van der Waals surface area contributed by atoms with Crippen LogP contribution in [0.25, 0.3) is 0 Å². The molecule has 0 aromatic carbocycles. The van der Waals surface area contributed by atoms with Crippen molar-refractivity contribution in [2.45, 2.75) is 39.7 Å². The monoisotopic (exact) mass is 208 g/mol. The minimum absolute atomic E-state index is 0.332. The molecular weight excluding hydrogens is 184 g/mol. The molecule has 1 heterocycles. The van der Waals surface area contributed by atoms with Crippen molar-refractivity contribution in [3.8, 4) is 12.3 Å². The van der Waals surface area contributed by atoms with Crippen molar-refractivity contribution in [2.24, 2.45) is 5.41 Å². The Morgan fingerprint density at radius 3 is 2.80 bits per heavy atom.